The van der Waals surface area contributed by atoms with Crippen molar-refractivity contribution in [1.82, 2.24) is 14.9 Å². The molecule has 128 valence electrons. The molecule has 0 aliphatic heterocycles. The molecule has 0 radical (unpaired) electrons. The van der Waals surface area contributed by atoms with Gasteiger partial charge in [0.2, 0.25) is 0 Å². The first-order valence-electron chi connectivity index (χ1n) is 7.03. The summed E-state index contributed by atoms with van der Waals surface area (Å²) in [5.41, 5.74) is 1.00. The van der Waals surface area contributed by atoms with E-state index in [4.69, 9.17) is 21.1 Å². The van der Waals surface area contributed by atoms with E-state index in [1.807, 2.05) is 18.4 Å². The zero-order valence-electron chi connectivity index (χ0n) is 13.9. The topological polar surface area (TPSA) is 64.5 Å². The molecule has 1 heterocycles. The number of halogens is 1. The Hall–Kier alpha value is -1.99. The van der Waals surface area contributed by atoms with Crippen molar-refractivity contribution in [3.63, 3.8) is 0 Å². The minimum atomic E-state index is -0.289. The van der Waals surface area contributed by atoms with E-state index in [0.717, 1.165) is 5.56 Å². The van der Waals surface area contributed by atoms with Crippen LogP contribution in [0.2, 0.25) is 5.02 Å². The number of benzene rings is 1. The van der Waals surface area contributed by atoms with E-state index < -0.39 is 0 Å². The first-order chi connectivity index (χ1) is 11.5. The van der Waals surface area contributed by atoms with Crippen LogP contribution in [-0.2, 0) is 6.54 Å². The lowest BCUT2D eigenvalue weighted by Crippen LogP contribution is -2.27. The second-order valence-electron chi connectivity index (χ2n) is 4.87. The molecule has 0 N–H and O–H groups in total. The highest BCUT2D eigenvalue weighted by molar-refractivity contribution is 7.98. The third-order valence-electron chi connectivity index (χ3n) is 3.35. The maximum Gasteiger partial charge on any atom is 0.274 e. The number of hydrogen-bond donors (Lipinski definition) is 0. The molecule has 1 amide bonds. The summed E-state index contributed by atoms with van der Waals surface area (Å²) in [6.45, 7) is 0.328. The normalized spacial score (nSPS) is 10.4. The van der Waals surface area contributed by atoms with Gasteiger partial charge >= 0.3 is 0 Å². The average Bonchev–Trinajstić information content (AvgIpc) is 2.61. The predicted molar refractivity (Wildman–Crippen MR) is 94.2 cm³/mol. The first-order valence-corrected chi connectivity index (χ1v) is 8.64. The lowest BCUT2D eigenvalue weighted by molar-refractivity contribution is 0.0777. The van der Waals surface area contributed by atoms with Gasteiger partial charge in [-0.2, -0.15) is 0 Å². The van der Waals surface area contributed by atoms with Gasteiger partial charge in [0.15, 0.2) is 22.3 Å². The van der Waals surface area contributed by atoms with E-state index in [0.29, 0.717) is 23.2 Å². The molecule has 0 unspecified atom stereocenters. The minimum Gasteiger partial charge on any atom is -0.493 e. The van der Waals surface area contributed by atoms with Crippen molar-refractivity contribution >= 4 is 29.3 Å². The highest BCUT2D eigenvalue weighted by Gasteiger charge is 2.20. The Morgan fingerprint density at radius 2 is 2.08 bits per heavy atom. The van der Waals surface area contributed by atoms with E-state index in [1.54, 1.807) is 27.3 Å². The number of methoxy groups -OCH3 is 2. The molecule has 0 saturated heterocycles. The van der Waals surface area contributed by atoms with E-state index in [2.05, 4.69) is 9.97 Å². The Kier molecular flexibility index (Phi) is 6.28. The number of aromatic nitrogens is 2. The van der Waals surface area contributed by atoms with Crippen molar-refractivity contribution in [1.29, 1.82) is 0 Å². The number of carbonyl (C=O) groups excluding carboxylic acids is 1. The Balaban J connectivity index is 2.27. The molecular weight excluding hydrogens is 350 g/mol. The van der Waals surface area contributed by atoms with Gasteiger partial charge in [0.1, 0.15) is 0 Å². The highest BCUT2D eigenvalue weighted by atomic mass is 35.5. The molecule has 2 aromatic rings. The largest absolute Gasteiger partial charge is 0.493 e. The summed E-state index contributed by atoms with van der Waals surface area (Å²) in [5, 5.41) is 0.720. The van der Waals surface area contributed by atoms with Crippen molar-refractivity contribution < 1.29 is 14.3 Å². The molecule has 8 heteroatoms. The molecule has 0 spiro atoms. The molecule has 2 rings (SSSR count). The molecule has 0 fully saturated rings. The Bertz CT molecular complexity index is 743. The van der Waals surface area contributed by atoms with E-state index in [9.17, 15) is 4.79 Å². The molecule has 0 aliphatic carbocycles. The van der Waals surface area contributed by atoms with Crippen LogP contribution in [0.5, 0.6) is 11.5 Å². The quantitative estimate of drug-likeness (QED) is 0.577. The lowest BCUT2D eigenvalue weighted by Gasteiger charge is -2.20. The molecule has 0 saturated carbocycles. The fraction of sp³-hybridized carbons (Fsp3) is 0.312. The van der Waals surface area contributed by atoms with Crippen LogP contribution in [0.1, 0.15) is 16.1 Å². The standard InChI is InChI=1S/C16H18ClN3O3S/c1-20(9-10-6-5-7-12(22-2)14(10)23-3)15(21)13-11(17)8-18-16(19-13)24-4/h5-8H,9H2,1-4H3. The highest BCUT2D eigenvalue weighted by Crippen LogP contribution is 2.31. The van der Waals surface area contributed by atoms with Crippen LogP contribution < -0.4 is 9.47 Å². The number of carbonyl (C=O) groups is 1. The van der Waals surface area contributed by atoms with Gasteiger partial charge in [0.25, 0.3) is 5.91 Å². The monoisotopic (exact) mass is 367 g/mol. The summed E-state index contributed by atoms with van der Waals surface area (Å²) in [6.07, 6.45) is 3.27. The molecule has 1 aromatic carbocycles. The van der Waals surface area contributed by atoms with Crippen LogP contribution in [0.15, 0.2) is 29.6 Å². The number of hydrogen-bond acceptors (Lipinski definition) is 6. The maximum absolute atomic E-state index is 12.7. The number of amides is 1. The molecule has 0 aliphatic rings. The maximum atomic E-state index is 12.7. The van der Waals surface area contributed by atoms with Gasteiger partial charge in [0.05, 0.1) is 25.4 Å². The number of ether oxygens (including phenoxy) is 2. The number of nitrogens with zero attached hydrogens (tertiary/aromatic N) is 3. The third-order valence-corrected chi connectivity index (χ3v) is 4.18. The average molecular weight is 368 g/mol. The zero-order valence-corrected chi connectivity index (χ0v) is 15.4. The van der Waals surface area contributed by atoms with Gasteiger partial charge in [-0.15, -0.1) is 0 Å². The van der Waals surface area contributed by atoms with Crippen molar-refractivity contribution in [2.45, 2.75) is 11.7 Å². The van der Waals surface area contributed by atoms with E-state index >= 15 is 0 Å². The third kappa shape index (κ3) is 3.91. The van der Waals surface area contributed by atoms with Crippen LogP contribution in [0.4, 0.5) is 0 Å². The fourth-order valence-electron chi connectivity index (χ4n) is 2.19. The van der Waals surface area contributed by atoms with Gasteiger partial charge in [-0.05, 0) is 12.3 Å². The number of thioether (sulfide) groups is 1. The van der Waals surface area contributed by atoms with Gasteiger partial charge < -0.3 is 14.4 Å². The second-order valence-corrected chi connectivity index (χ2v) is 6.05. The summed E-state index contributed by atoms with van der Waals surface area (Å²) in [6, 6.07) is 5.52. The molecule has 1 aromatic heterocycles. The lowest BCUT2D eigenvalue weighted by atomic mass is 10.1. The summed E-state index contributed by atoms with van der Waals surface area (Å²) >= 11 is 7.42. The van der Waals surface area contributed by atoms with Gasteiger partial charge in [0, 0.05) is 19.2 Å². The molecule has 0 atom stereocenters. The van der Waals surface area contributed by atoms with Crippen LogP contribution in [-0.4, -0.2) is 48.3 Å². The molecule has 0 bridgehead atoms. The summed E-state index contributed by atoms with van der Waals surface area (Å²) in [7, 11) is 4.81. The zero-order chi connectivity index (χ0) is 17.7. The second kappa shape index (κ2) is 8.21. The smallest absolute Gasteiger partial charge is 0.274 e. The molecular formula is C16H18ClN3O3S. The van der Waals surface area contributed by atoms with Crippen LogP contribution in [0, 0.1) is 0 Å². The summed E-state index contributed by atoms with van der Waals surface area (Å²) in [4.78, 5) is 22.4. The van der Waals surface area contributed by atoms with Crippen molar-refractivity contribution in [2.24, 2.45) is 0 Å². The van der Waals surface area contributed by atoms with E-state index in [-0.39, 0.29) is 16.6 Å². The van der Waals surface area contributed by atoms with Gasteiger partial charge in [-0.3, -0.25) is 4.79 Å². The van der Waals surface area contributed by atoms with Crippen LogP contribution >= 0.6 is 23.4 Å². The van der Waals surface area contributed by atoms with Gasteiger partial charge in [-0.1, -0.05) is 35.5 Å². The molecule has 24 heavy (non-hydrogen) atoms. The first kappa shape index (κ1) is 18.4. The summed E-state index contributed by atoms with van der Waals surface area (Å²) < 4.78 is 10.7. The number of para-hydroxylation sites is 1. The Labute approximate surface area is 150 Å². The predicted octanol–water partition coefficient (Wildman–Crippen LogP) is 3.14. The number of rotatable bonds is 6. The van der Waals surface area contributed by atoms with Crippen molar-refractivity contribution in [2.75, 3.05) is 27.5 Å². The van der Waals surface area contributed by atoms with Crippen molar-refractivity contribution in [3.05, 3.63) is 40.7 Å². The van der Waals surface area contributed by atoms with E-state index in [1.165, 1.54) is 22.9 Å². The van der Waals surface area contributed by atoms with Gasteiger partial charge in [-0.25, -0.2) is 9.97 Å². The molecule has 6 nitrogen and oxygen atoms in total. The Morgan fingerprint density at radius 3 is 2.71 bits per heavy atom. The van der Waals surface area contributed by atoms with Crippen LogP contribution in [0.25, 0.3) is 0 Å². The Morgan fingerprint density at radius 1 is 1.33 bits per heavy atom. The summed E-state index contributed by atoms with van der Waals surface area (Å²) in [5.74, 6) is 0.918. The van der Waals surface area contributed by atoms with Crippen molar-refractivity contribution in [3.8, 4) is 11.5 Å². The van der Waals surface area contributed by atoms with Crippen LogP contribution in [0.3, 0.4) is 0 Å². The minimum absolute atomic E-state index is 0.181. The SMILES string of the molecule is COc1cccc(CN(C)C(=O)c2nc(SC)ncc2Cl)c1OC. The fourth-order valence-corrected chi connectivity index (χ4v) is 2.70.